The summed E-state index contributed by atoms with van der Waals surface area (Å²) in [4.78, 5) is 30.9. The van der Waals surface area contributed by atoms with Crippen molar-refractivity contribution in [1.29, 1.82) is 0 Å². The first-order valence-corrected chi connectivity index (χ1v) is 9.46. The number of nitrogens with zero attached hydrogens (tertiary/aromatic N) is 2. The van der Waals surface area contributed by atoms with Crippen molar-refractivity contribution in [2.45, 2.75) is 25.4 Å². The quantitative estimate of drug-likeness (QED) is 0.715. The number of methoxy groups -OCH3 is 1. The highest BCUT2D eigenvalue weighted by atomic mass is 16.5. The lowest BCUT2D eigenvalue weighted by Crippen LogP contribution is -2.56. The van der Waals surface area contributed by atoms with Crippen LogP contribution in [0.25, 0.3) is 0 Å². The molecule has 1 saturated heterocycles. The monoisotopic (exact) mass is 382 g/mol. The molecule has 0 bridgehead atoms. The Morgan fingerprint density at radius 2 is 2.18 bits per heavy atom. The lowest BCUT2D eigenvalue weighted by atomic mass is 10.1. The number of aromatic nitrogens is 1. The number of ether oxygens (including phenoxy) is 1. The Kier molecular flexibility index (Phi) is 6.97. The second-order valence-electron chi connectivity index (χ2n) is 6.75. The molecule has 0 aliphatic carbocycles. The zero-order valence-electron chi connectivity index (χ0n) is 16.1. The van der Waals surface area contributed by atoms with Crippen LogP contribution < -0.4 is 15.4 Å². The number of hydrogen-bond donors (Lipinski definition) is 2. The van der Waals surface area contributed by atoms with E-state index in [4.69, 9.17) is 4.74 Å². The van der Waals surface area contributed by atoms with Crippen molar-refractivity contribution in [3.63, 3.8) is 0 Å². The van der Waals surface area contributed by atoms with Crippen molar-refractivity contribution >= 4 is 11.8 Å². The molecule has 1 aliphatic heterocycles. The van der Waals surface area contributed by atoms with Crippen LogP contribution in [0.15, 0.2) is 48.8 Å². The number of amides is 2. The minimum Gasteiger partial charge on any atom is -0.496 e. The van der Waals surface area contributed by atoms with Crippen LogP contribution in [0.4, 0.5) is 0 Å². The van der Waals surface area contributed by atoms with E-state index in [1.54, 1.807) is 19.5 Å². The van der Waals surface area contributed by atoms with Gasteiger partial charge in [-0.15, -0.1) is 0 Å². The summed E-state index contributed by atoms with van der Waals surface area (Å²) in [5.74, 6) is 0.549. The van der Waals surface area contributed by atoms with Gasteiger partial charge >= 0.3 is 0 Å². The molecule has 2 amide bonds. The van der Waals surface area contributed by atoms with Crippen molar-refractivity contribution in [2.75, 3.05) is 26.7 Å². The van der Waals surface area contributed by atoms with Crippen LogP contribution >= 0.6 is 0 Å². The molecule has 0 spiro atoms. The molecule has 2 heterocycles. The van der Waals surface area contributed by atoms with Gasteiger partial charge in [-0.2, -0.15) is 0 Å². The maximum Gasteiger partial charge on any atom is 0.237 e. The minimum absolute atomic E-state index is 0.108. The van der Waals surface area contributed by atoms with Crippen LogP contribution in [0, 0.1) is 0 Å². The molecular formula is C21H26N4O3. The average Bonchev–Trinajstić information content (AvgIpc) is 2.72. The van der Waals surface area contributed by atoms with Gasteiger partial charge in [-0.05, 0) is 24.1 Å². The lowest BCUT2D eigenvalue weighted by Gasteiger charge is -2.35. The third-order valence-corrected chi connectivity index (χ3v) is 4.85. The van der Waals surface area contributed by atoms with E-state index in [9.17, 15) is 9.59 Å². The molecule has 1 aliphatic rings. The third-order valence-electron chi connectivity index (χ3n) is 4.85. The minimum atomic E-state index is -0.489. The van der Waals surface area contributed by atoms with E-state index >= 15 is 0 Å². The van der Waals surface area contributed by atoms with Crippen LogP contribution in [0.1, 0.15) is 17.5 Å². The second-order valence-corrected chi connectivity index (χ2v) is 6.75. The molecule has 0 saturated carbocycles. The van der Waals surface area contributed by atoms with Crippen molar-refractivity contribution in [2.24, 2.45) is 0 Å². The molecule has 1 aromatic heterocycles. The highest BCUT2D eigenvalue weighted by Gasteiger charge is 2.31. The van der Waals surface area contributed by atoms with Gasteiger partial charge in [0.15, 0.2) is 0 Å². The van der Waals surface area contributed by atoms with Crippen LogP contribution in [-0.4, -0.2) is 54.5 Å². The number of benzene rings is 1. The molecule has 3 rings (SSSR count). The second kappa shape index (κ2) is 9.85. The maximum atomic E-state index is 12.4. The Balaban J connectivity index is 1.57. The molecule has 28 heavy (non-hydrogen) atoms. The number of carbonyl (C=O) groups excluding carboxylic acids is 2. The van der Waals surface area contributed by atoms with E-state index < -0.39 is 6.04 Å². The first kappa shape index (κ1) is 19.8. The maximum absolute atomic E-state index is 12.4. The summed E-state index contributed by atoms with van der Waals surface area (Å²) in [5, 5.41) is 5.77. The number of rotatable bonds is 8. The SMILES string of the molecule is COc1ccccc1CN1CCNC(=O)C1CC(=O)NCCc1cccnc1. The van der Waals surface area contributed by atoms with Gasteiger partial charge in [0.05, 0.1) is 19.6 Å². The molecule has 2 aromatic rings. The van der Waals surface area contributed by atoms with E-state index in [0.717, 1.165) is 16.9 Å². The fourth-order valence-corrected chi connectivity index (χ4v) is 3.37. The normalized spacial score (nSPS) is 17.0. The van der Waals surface area contributed by atoms with E-state index in [1.807, 2.05) is 41.3 Å². The molecule has 2 N–H and O–H groups in total. The first-order valence-electron chi connectivity index (χ1n) is 9.46. The molecular weight excluding hydrogens is 356 g/mol. The average molecular weight is 382 g/mol. The standard InChI is InChI=1S/C21H26N4O3/c1-28-19-7-3-2-6-17(19)15-25-12-11-24-21(27)18(25)13-20(26)23-10-8-16-5-4-9-22-14-16/h2-7,9,14,18H,8,10-13,15H2,1H3,(H,23,26)(H,24,27). The Bertz CT molecular complexity index is 797. The van der Waals surface area contributed by atoms with Crippen LogP contribution in [0.3, 0.4) is 0 Å². The molecule has 148 valence electrons. The van der Waals surface area contributed by atoms with Gasteiger partial charge in [0, 0.05) is 44.1 Å². The predicted molar refractivity (Wildman–Crippen MR) is 106 cm³/mol. The van der Waals surface area contributed by atoms with E-state index in [1.165, 1.54) is 0 Å². The Morgan fingerprint density at radius 1 is 1.32 bits per heavy atom. The van der Waals surface area contributed by atoms with Crippen molar-refractivity contribution in [3.8, 4) is 5.75 Å². The van der Waals surface area contributed by atoms with Gasteiger partial charge in [0.2, 0.25) is 11.8 Å². The summed E-state index contributed by atoms with van der Waals surface area (Å²) < 4.78 is 5.41. The molecule has 1 aromatic carbocycles. The molecule has 1 atom stereocenters. The largest absolute Gasteiger partial charge is 0.496 e. The third kappa shape index (κ3) is 5.29. The highest BCUT2D eigenvalue weighted by molar-refractivity contribution is 5.88. The fraction of sp³-hybridized carbons (Fsp3) is 0.381. The highest BCUT2D eigenvalue weighted by Crippen LogP contribution is 2.21. The van der Waals surface area contributed by atoms with Gasteiger partial charge in [-0.25, -0.2) is 0 Å². The van der Waals surface area contributed by atoms with Crippen molar-refractivity contribution in [1.82, 2.24) is 20.5 Å². The van der Waals surface area contributed by atoms with Gasteiger partial charge in [-0.1, -0.05) is 24.3 Å². The molecule has 7 heteroatoms. The zero-order chi connectivity index (χ0) is 19.8. The first-order chi connectivity index (χ1) is 13.7. The molecule has 1 unspecified atom stereocenters. The summed E-state index contributed by atoms with van der Waals surface area (Å²) >= 11 is 0. The number of para-hydroxylation sites is 1. The van der Waals surface area contributed by atoms with Gasteiger partial charge in [0.25, 0.3) is 0 Å². The summed E-state index contributed by atoms with van der Waals surface area (Å²) in [6.45, 7) is 2.35. The van der Waals surface area contributed by atoms with Crippen molar-refractivity contribution < 1.29 is 14.3 Å². The van der Waals surface area contributed by atoms with Crippen LogP contribution in [0.2, 0.25) is 0 Å². The van der Waals surface area contributed by atoms with Crippen molar-refractivity contribution in [3.05, 3.63) is 59.9 Å². The summed E-state index contributed by atoms with van der Waals surface area (Å²) in [5.41, 5.74) is 2.07. The number of carbonyl (C=O) groups is 2. The molecule has 0 radical (unpaired) electrons. The number of nitrogens with one attached hydrogen (secondary N) is 2. The predicted octanol–water partition coefficient (Wildman–Crippen LogP) is 1.14. The lowest BCUT2D eigenvalue weighted by molar-refractivity contribution is -0.134. The summed E-state index contributed by atoms with van der Waals surface area (Å²) in [7, 11) is 1.63. The van der Waals surface area contributed by atoms with Gasteiger partial charge in [0.1, 0.15) is 5.75 Å². The Morgan fingerprint density at radius 3 is 2.96 bits per heavy atom. The Labute approximate surface area is 165 Å². The van der Waals surface area contributed by atoms with E-state index in [-0.39, 0.29) is 18.2 Å². The summed E-state index contributed by atoms with van der Waals surface area (Å²) in [6, 6.07) is 11.1. The topological polar surface area (TPSA) is 83.6 Å². The Hall–Kier alpha value is -2.93. The van der Waals surface area contributed by atoms with Gasteiger partial charge in [-0.3, -0.25) is 19.5 Å². The smallest absolute Gasteiger partial charge is 0.237 e. The number of piperazine rings is 1. The van der Waals surface area contributed by atoms with Crippen LogP contribution in [-0.2, 0) is 22.6 Å². The van der Waals surface area contributed by atoms with E-state index in [0.29, 0.717) is 32.6 Å². The number of hydrogen-bond acceptors (Lipinski definition) is 5. The zero-order valence-corrected chi connectivity index (χ0v) is 16.1. The fourth-order valence-electron chi connectivity index (χ4n) is 3.37. The number of pyridine rings is 1. The van der Waals surface area contributed by atoms with Crippen LogP contribution in [0.5, 0.6) is 5.75 Å². The summed E-state index contributed by atoms with van der Waals surface area (Å²) in [6.07, 6.45) is 4.35. The molecule has 1 fully saturated rings. The molecule has 7 nitrogen and oxygen atoms in total. The van der Waals surface area contributed by atoms with Gasteiger partial charge < -0.3 is 15.4 Å². The van der Waals surface area contributed by atoms with E-state index in [2.05, 4.69) is 15.6 Å².